The number of ether oxygens (including phenoxy) is 1. The Bertz CT molecular complexity index is 1070. The van der Waals surface area contributed by atoms with Crippen LogP contribution in [0.4, 0.5) is 4.79 Å². The van der Waals surface area contributed by atoms with Gasteiger partial charge in [0.05, 0.1) is 36.2 Å². The van der Waals surface area contributed by atoms with E-state index in [0.717, 1.165) is 22.3 Å². The average Bonchev–Trinajstić information content (AvgIpc) is 3.19. The molecule has 0 aliphatic heterocycles. The van der Waals surface area contributed by atoms with Gasteiger partial charge < -0.3 is 14.6 Å². The number of carbonyl (C=O) groups is 1. The number of nitrogens with one attached hydrogen (secondary N) is 1. The Hall–Kier alpha value is -3.40. The molecule has 3 aromatic rings. The molecule has 1 unspecified atom stereocenters. The van der Waals surface area contributed by atoms with Gasteiger partial charge in [-0.1, -0.05) is 0 Å². The summed E-state index contributed by atoms with van der Waals surface area (Å²) in [6, 6.07) is 7.93. The van der Waals surface area contributed by atoms with Crippen LogP contribution in [0.3, 0.4) is 0 Å². The lowest BCUT2D eigenvalue weighted by Gasteiger charge is -2.16. The van der Waals surface area contributed by atoms with Gasteiger partial charge in [0, 0.05) is 41.5 Å². The maximum atomic E-state index is 12.0. The van der Waals surface area contributed by atoms with Crippen molar-refractivity contribution in [2.24, 2.45) is 0 Å². The van der Waals surface area contributed by atoms with E-state index in [1.165, 1.54) is 5.56 Å². The van der Waals surface area contributed by atoms with Crippen LogP contribution >= 0.6 is 0 Å². The van der Waals surface area contributed by atoms with Crippen LogP contribution in [0.15, 0.2) is 36.8 Å². The fourth-order valence-corrected chi connectivity index (χ4v) is 3.83. The number of hydrogen-bond donors (Lipinski definition) is 1. The highest BCUT2D eigenvalue weighted by Crippen LogP contribution is 2.34. The third-order valence-corrected chi connectivity index (χ3v) is 4.91. The van der Waals surface area contributed by atoms with Crippen LogP contribution in [0.25, 0.3) is 10.9 Å². The van der Waals surface area contributed by atoms with E-state index in [4.69, 9.17) is 4.74 Å². The molecule has 1 atom stereocenters. The van der Waals surface area contributed by atoms with E-state index in [0.29, 0.717) is 24.9 Å². The lowest BCUT2D eigenvalue weighted by Crippen LogP contribution is -2.37. The molecular formula is C21H21N5O2. The normalized spacial score (nSPS) is 15.4. The van der Waals surface area contributed by atoms with Gasteiger partial charge in [0.25, 0.3) is 0 Å². The van der Waals surface area contributed by atoms with Crippen LogP contribution < -0.4 is 5.32 Å². The molecular weight excluding hydrogens is 354 g/mol. The van der Waals surface area contributed by atoms with Crippen molar-refractivity contribution >= 4 is 17.0 Å². The largest absolute Gasteiger partial charge is 0.447 e. The maximum Gasteiger partial charge on any atom is 0.407 e. The van der Waals surface area contributed by atoms with Gasteiger partial charge in [-0.2, -0.15) is 5.26 Å². The average molecular weight is 375 g/mol. The van der Waals surface area contributed by atoms with Crippen molar-refractivity contribution in [3.63, 3.8) is 0 Å². The quantitative estimate of drug-likeness (QED) is 0.757. The van der Waals surface area contributed by atoms with E-state index in [9.17, 15) is 10.1 Å². The van der Waals surface area contributed by atoms with Crippen molar-refractivity contribution in [1.29, 1.82) is 5.26 Å². The number of rotatable bonds is 4. The second kappa shape index (κ2) is 7.31. The van der Waals surface area contributed by atoms with Gasteiger partial charge in [-0.15, -0.1) is 0 Å². The van der Waals surface area contributed by atoms with Gasteiger partial charge in [-0.05, 0) is 44.0 Å². The Labute approximate surface area is 163 Å². The SMILES string of the molecule is CC(C)OC(=O)NC1Cc2c(n(Cc3cnccn3)c3ccc(C#N)cc23)C1. The highest BCUT2D eigenvalue weighted by Gasteiger charge is 2.30. The number of amides is 1. The molecule has 0 bridgehead atoms. The van der Waals surface area contributed by atoms with E-state index in [1.54, 1.807) is 18.6 Å². The topological polar surface area (TPSA) is 92.8 Å². The van der Waals surface area contributed by atoms with Crippen molar-refractivity contribution in [2.45, 2.75) is 45.4 Å². The predicted molar refractivity (Wildman–Crippen MR) is 104 cm³/mol. The van der Waals surface area contributed by atoms with Crippen LogP contribution in [0.2, 0.25) is 0 Å². The number of aromatic nitrogens is 3. The molecule has 1 aliphatic rings. The summed E-state index contributed by atoms with van der Waals surface area (Å²) in [6.07, 6.45) is 5.96. The number of nitrogens with zero attached hydrogens (tertiary/aromatic N) is 4. The van der Waals surface area contributed by atoms with Crippen LogP contribution in [0.1, 0.15) is 36.4 Å². The molecule has 1 aromatic carbocycles. The van der Waals surface area contributed by atoms with E-state index in [1.807, 2.05) is 32.0 Å². The van der Waals surface area contributed by atoms with Gasteiger partial charge in [-0.25, -0.2) is 4.79 Å². The molecule has 0 saturated heterocycles. The molecule has 1 aliphatic carbocycles. The number of nitriles is 1. The lowest BCUT2D eigenvalue weighted by molar-refractivity contribution is 0.112. The number of hydrogen-bond acceptors (Lipinski definition) is 5. The second-order valence-electron chi connectivity index (χ2n) is 7.26. The standard InChI is InChI=1S/C21H21N5O2/c1-13(2)28-21(27)25-15-8-18-17-7-14(10-22)3-4-19(17)26(20(18)9-15)12-16-11-23-5-6-24-16/h3-7,11,13,15H,8-9,12H2,1-2H3,(H,25,27). The van der Waals surface area contributed by atoms with E-state index >= 15 is 0 Å². The van der Waals surface area contributed by atoms with Crippen molar-refractivity contribution in [3.05, 3.63) is 59.3 Å². The lowest BCUT2D eigenvalue weighted by atomic mass is 10.1. The zero-order chi connectivity index (χ0) is 19.7. The van der Waals surface area contributed by atoms with Gasteiger partial charge >= 0.3 is 6.09 Å². The minimum atomic E-state index is -0.396. The summed E-state index contributed by atoms with van der Waals surface area (Å²) in [5, 5.41) is 13.3. The molecule has 0 radical (unpaired) electrons. The van der Waals surface area contributed by atoms with E-state index < -0.39 is 6.09 Å². The molecule has 1 N–H and O–H groups in total. The molecule has 28 heavy (non-hydrogen) atoms. The summed E-state index contributed by atoms with van der Waals surface area (Å²) in [7, 11) is 0. The third kappa shape index (κ3) is 3.41. The smallest absolute Gasteiger partial charge is 0.407 e. The Morgan fingerprint density at radius 3 is 2.96 bits per heavy atom. The summed E-state index contributed by atoms with van der Waals surface area (Å²) in [4.78, 5) is 20.6. The van der Waals surface area contributed by atoms with Gasteiger partial charge in [0.15, 0.2) is 0 Å². The van der Waals surface area contributed by atoms with Crippen molar-refractivity contribution in [3.8, 4) is 6.07 Å². The van der Waals surface area contributed by atoms with Crippen molar-refractivity contribution < 1.29 is 9.53 Å². The summed E-state index contributed by atoms with van der Waals surface area (Å²) in [6.45, 7) is 4.25. The molecule has 2 heterocycles. The summed E-state index contributed by atoms with van der Waals surface area (Å²) in [5.41, 5.74) is 4.89. The molecule has 142 valence electrons. The summed E-state index contributed by atoms with van der Waals surface area (Å²) >= 11 is 0. The first-order valence-corrected chi connectivity index (χ1v) is 9.31. The molecule has 4 rings (SSSR count). The third-order valence-electron chi connectivity index (χ3n) is 4.91. The van der Waals surface area contributed by atoms with Crippen LogP contribution in [0, 0.1) is 11.3 Å². The van der Waals surface area contributed by atoms with Crippen LogP contribution in [-0.4, -0.2) is 32.8 Å². The molecule has 7 nitrogen and oxygen atoms in total. The van der Waals surface area contributed by atoms with Gasteiger partial charge in [-0.3, -0.25) is 9.97 Å². The molecule has 0 fully saturated rings. The van der Waals surface area contributed by atoms with Crippen LogP contribution in [-0.2, 0) is 24.1 Å². The Kier molecular flexibility index (Phi) is 4.70. The summed E-state index contributed by atoms with van der Waals surface area (Å²) in [5.74, 6) is 0. The highest BCUT2D eigenvalue weighted by molar-refractivity contribution is 5.88. The molecule has 7 heteroatoms. The zero-order valence-electron chi connectivity index (χ0n) is 15.8. The molecule has 1 amide bonds. The Balaban J connectivity index is 1.69. The second-order valence-corrected chi connectivity index (χ2v) is 7.26. The monoisotopic (exact) mass is 375 g/mol. The zero-order valence-corrected chi connectivity index (χ0v) is 15.8. The highest BCUT2D eigenvalue weighted by atomic mass is 16.6. The van der Waals surface area contributed by atoms with Crippen molar-refractivity contribution in [2.75, 3.05) is 0 Å². The van der Waals surface area contributed by atoms with E-state index in [2.05, 4.69) is 25.9 Å². The van der Waals surface area contributed by atoms with Gasteiger partial charge in [0.1, 0.15) is 0 Å². The first kappa shape index (κ1) is 18.0. The predicted octanol–water partition coefficient (Wildman–Crippen LogP) is 2.95. The minimum absolute atomic E-state index is 0.0282. The van der Waals surface area contributed by atoms with Crippen LogP contribution in [0.5, 0.6) is 0 Å². The fourth-order valence-electron chi connectivity index (χ4n) is 3.83. The Morgan fingerprint density at radius 2 is 2.25 bits per heavy atom. The first-order valence-electron chi connectivity index (χ1n) is 9.31. The number of alkyl carbamates (subject to hydrolysis) is 1. The maximum absolute atomic E-state index is 12.0. The molecule has 2 aromatic heterocycles. The van der Waals surface area contributed by atoms with Gasteiger partial charge in [0.2, 0.25) is 0 Å². The molecule has 0 spiro atoms. The number of fused-ring (bicyclic) bond motifs is 3. The Morgan fingerprint density at radius 1 is 1.39 bits per heavy atom. The first-order chi connectivity index (χ1) is 13.5. The van der Waals surface area contributed by atoms with E-state index in [-0.39, 0.29) is 12.1 Å². The molecule has 0 saturated carbocycles. The fraction of sp³-hybridized carbons (Fsp3) is 0.333. The minimum Gasteiger partial charge on any atom is -0.447 e. The van der Waals surface area contributed by atoms with Crippen molar-refractivity contribution in [1.82, 2.24) is 19.9 Å². The summed E-state index contributed by atoms with van der Waals surface area (Å²) < 4.78 is 7.43. The number of benzene rings is 1. The number of carbonyl (C=O) groups excluding carboxylic acids is 1.